The Morgan fingerprint density at radius 2 is 1.79 bits per heavy atom. The summed E-state index contributed by atoms with van der Waals surface area (Å²) in [5, 5.41) is 20.3. The Balaban J connectivity index is 1.80. The molecule has 0 N–H and O–H groups in total. The van der Waals surface area contributed by atoms with Crippen LogP contribution in [0, 0.1) is 21.4 Å². The van der Waals surface area contributed by atoms with Crippen LogP contribution in [0.3, 0.4) is 0 Å². The second-order valence-electron chi connectivity index (χ2n) is 6.15. The predicted octanol–water partition coefficient (Wildman–Crippen LogP) is 4.96. The summed E-state index contributed by atoms with van der Waals surface area (Å²) in [6.07, 6.45) is 1.44. The normalized spacial score (nSPS) is 10.8. The van der Waals surface area contributed by atoms with Gasteiger partial charge in [0, 0.05) is 17.7 Å². The van der Waals surface area contributed by atoms with Crippen molar-refractivity contribution >= 4 is 17.5 Å². The molecular weight excluding hydrogens is 368 g/mol. The number of nitrogens with zero attached hydrogens (tertiary/aromatic N) is 2. The zero-order valence-electron chi connectivity index (χ0n) is 15.3. The molecule has 0 atom stereocenters. The van der Waals surface area contributed by atoms with Gasteiger partial charge >= 0.3 is 0 Å². The van der Waals surface area contributed by atoms with Gasteiger partial charge < -0.3 is 4.74 Å². The number of nitro groups is 1. The number of ether oxygens (including phenoxy) is 1. The largest absolute Gasteiger partial charge is 0.489 e. The van der Waals surface area contributed by atoms with Crippen LogP contribution in [-0.4, -0.2) is 10.7 Å². The third-order valence-electron chi connectivity index (χ3n) is 4.10. The fourth-order valence-corrected chi connectivity index (χ4v) is 2.67. The fourth-order valence-electron chi connectivity index (χ4n) is 2.67. The first-order chi connectivity index (χ1) is 14.1. The Morgan fingerprint density at radius 1 is 1.03 bits per heavy atom. The molecule has 3 aromatic rings. The van der Waals surface area contributed by atoms with Crippen LogP contribution < -0.4 is 4.74 Å². The van der Waals surface area contributed by atoms with Crippen molar-refractivity contribution in [2.24, 2.45) is 0 Å². The number of non-ortho nitro benzene ring substituents is 1. The van der Waals surface area contributed by atoms with Crippen molar-refractivity contribution in [3.63, 3.8) is 0 Å². The van der Waals surface area contributed by atoms with Gasteiger partial charge in [-0.05, 0) is 29.3 Å². The average molecular weight is 384 g/mol. The molecule has 0 aliphatic carbocycles. The lowest BCUT2D eigenvalue weighted by Gasteiger charge is -2.07. The maximum absolute atomic E-state index is 12.6. The second kappa shape index (κ2) is 9.11. The van der Waals surface area contributed by atoms with E-state index in [4.69, 9.17) is 4.74 Å². The minimum absolute atomic E-state index is 0.0866. The number of benzene rings is 3. The van der Waals surface area contributed by atoms with Gasteiger partial charge in [-0.3, -0.25) is 14.9 Å². The molecule has 142 valence electrons. The molecule has 0 spiro atoms. The summed E-state index contributed by atoms with van der Waals surface area (Å²) in [6, 6.07) is 23.9. The highest BCUT2D eigenvalue weighted by Crippen LogP contribution is 2.20. The Morgan fingerprint density at radius 3 is 2.52 bits per heavy atom. The number of allylic oxidation sites excluding steroid dienone is 1. The molecule has 6 nitrogen and oxygen atoms in total. The van der Waals surface area contributed by atoms with Gasteiger partial charge in [0.25, 0.3) is 5.69 Å². The van der Waals surface area contributed by atoms with Crippen LogP contribution in [-0.2, 0) is 6.61 Å². The van der Waals surface area contributed by atoms with Gasteiger partial charge in [-0.15, -0.1) is 0 Å². The molecular formula is C23H16N2O4. The highest BCUT2D eigenvalue weighted by Gasteiger charge is 2.15. The topological polar surface area (TPSA) is 93.2 Å². The zero-order valence-corrected chi connectivity index (χ0v) is 15.3. The van der Waals surface area contributed by atoms with Gasteiger partial charge in [0.15, 0.2) is 0 Å². The summed E-state index contributed by atoms with van der Waals surface area (Å²) >= 11 is 0. The first-order valence-electron chi connectivity index (χ1n) is 8.74. The molecule has 29 heavy (non-hydrogen) atoms. The number of Topliss-reactive ketones (excluding diaryl/α,β-unsaturated/α-hetero) is 1. The van der Waals surface area contributed by atoms with E-state index in [-0.39, 0.29) is 16.8 Å². The molecule has 0 bridgehead atoms. The molecule has 3 aromatic carbocycles. The van der Waals surface area contributed by atoms with E-state index in [9.17, 15) is 20.2 Å². The van der Waals surface area contributed by atoms with E-state index in [1.54, 1.807) is 24.3 Å². The van der Waals surface area contributed by atoms with E-state index in [1.807, 2.05) is 36.4 Å². The molecule has 0 aliphatic heterocycles. The van der Waals surface area contributed by atoms with E-state index in [1.165, 1.54) is 24.3 Å². The number of rotatable bonds is 7. The van der Waals surface area contributed by atoms with Crippen molar-refractivity contribution in [3.8, 4) is 11.8 Å². The average Bonchev–Trinajstić information content (AvgIpc) is 2.76. The Kier molecular flexibility index (Phi) is 6.13. The quantitative estimate of drug-likeness (QED) is 0.189. The van der Waals surface area contributed by atoms with Gasteiger partial charge in [-0.1, -0.05) is 54.6 Å². The molecule has 0 heterocycles. The van der Waals surface area contributed by atoms with Crippen LogP contribution >= 0.6 is 0 Å². The first-order valence-corrected chi connectivity index (χ1v) is 8.74. The maximum atomic E-state index is 12.6. The maximum Gasteiger partial charge on any atom is 0.270 e. The van der Waals surface area contributed by atoms with Crippen LogP contribution in [0.4, 0.5) is 5.69 Å². The Hall–Kier alpha value is -4.24. The van der Waals surface area contributed by atoms with Crippen LogP contribution in [0.5, 0.6) is 5.75 Å². The standard InChI is InChI=1S/C23H16N2O4/c24-15-20(23(26)19-9-5-10-21(14-19)25(27)28)12-18-8-4-11-22(13-18)29-16-17-6-2-1-3-7-17/h1-14H,16H2/b20-12+. The molecule has 0 aromatic heterocycles. The van der Waals surface area contributed by atoms with Crippen LogP contribution in [0.25, 0.3) is 6.08 Å². The van der Waals surface area contributed by atoms with E-state index in [0.717, 1.165) is 11.6 Å². The summed E-state index contributed by atoms with van der Waals surface area (Å²) in [5.74, 6) is 0.0227. The molecule has 3 rings (SSSR count). The van der Waals surface area contributed by atoms with Crippen molar-refractivity contribution < 1.29 is 14.5 Å². The van der Waals surface area contributed by atoms with Gasteiger partial charge in [0.05, 0.1) is 4.92 Å². The third kappa shape index (κ3) is 5.15. The van der Waals surface area contributed by atoms with Crippen LogP contribution in [0.15, 0.2) is 84.4 Å². The van der Waals surface area contributed by atoms with E-state index < -0.39 is 10.7 Å². The van der Waals surface area contributed by atoms with Gasteiger partial charge in [0.2, 0.25) is 5.78 Å². The lowest BCUT2D eigenvalue weighted by atomic mass is 10.0. The van der Waals surface area contributed by atoms with Gasteiger partial charge in [-0.25, -0.2) is 0 Å². The second-order valence-corrected chi connectivity index (χ2v) is 6.15. The van der Waals surface area contributed by atoms with Crippen LogP contribution in [0.2, 0.25) is 0 Å². The first kappa shape index (κ1) is 19.5. The molecule has 0 saturated heterocycles. The summed E-state index contributed by atoms with van der Waals surface area (Å²) in [5.41, 5.74) is 1.40. The number of nitro benzene ring substituents is 1. The van der Waals surface area contributed by atoms with E-state index in [2.05, 4.69) is 0 Å². The zero-order chi connectivity index (χ0) is 20.6. The van der Waals surface area contributed by atoms with E-state index in [0.29, 0.717) is 17.9 Å². The number of carbonyl (C=O) groups excluding carboxylic acids is 1. The molecule has 0 aliphatic rings. The number of hydrogen-bond donors (Lipinski definition) is 0. The van der Waals surface area contributed by atoms with Gasteiger partial charge in [0.1, 0.15) is 24.0 Å². The number of carbonyl (C=O) groups is 1. The number of nitriles is 1. The molecule has 6 heteroatoms. The SMILES string of the molecule is N#C/C(=C\c1cccc(OCc2ccccc2)c1)C(=O)c1cccc([N+](=O)[O-])c1. The summed E-state index contributed by atoms with van der Waals surface area (Å²) in [7, 11) is 0. The highest BCUT2D eigenvalue weighted by molar-refractivity contribution is 6.14. The highest BCUT2D eigenvalue weighted by atomic mass is 16.6. The molecule has 0 radical (unpaired) electrons. The summed E-state index contributed by atoms with van der Waals surface area (Å²) in [6.45, 7) is 0.395. The Labute approximate surface area is 167 Å². The third-order valence-corrected chi connectivity index (χ3v) is 4.10. The van der Waals surface area contributed by atoms with Crippen molar-refractivity contribution in [1.29, 1.82) is 5.26 Å². The minimum Gasteiger partial charge on any atom is -0.489 e. The van der Waals surface area contributed by atoms with Gasteiger partial charge in [-0.2, -0.15) is 5.26 Å². The fraction of sp³-hybridized carbons (Fsp3) is 0.0435. The lowest BCUT2D eigenvalue weighted by Crippen LogP contribution is -2.03. The number of hydrogen-bond acceptors (Lipinski definition) is 5. The van der Waals surface area contributed by atoms with E-state index >= 15 is 0 Å². The lowest BCUT2D eigenvalue weighted by molar-refractivity contribution is -0.384. The number of ketones is 1. The molecule has 0 amide bonds. The van der Waals surface area contributed by atoms with Crippen molar-refractivity contribution in [2.75, 3.05) is 0 Å². The Bertz CT molecular complexity index is 1110. The molecule has 0 unspecified atom stereocenters. The molecule has 0 fully saturated rings. The van der Waals surface area contributed by atoms with Crippen molar-refractivity contribution in [2.45, 2.75) is 6.61 Å². The summed E-state index contributed by atoms with van der Waals surface area (Å²) < 4.78 is 5.76. The summed E-state index contributed by atoms with van der Waals surface area (Å²) in [4.78, 5) is 22.9. The van der Waals surface area contributed by atoms with Crippen molar-refractivity contribution in [1.82, 2.24) is 0 Å². The monoisotopic (exact) mass is 384 g/mol. The minimum atomic E-state index is -0.583. The van der Waals surface area contributed by atoms with Crippen molar-refractivity contribution in [3.05, 3.63) is 111 Å². The predicted molar refractivity (Wildman–Crippen MR) is 108 cm³/mol. The molecule has 0 saturated carbocycles. The van der Waals surface area contributed by atoms with Crippen LogP contribution in [0.1, 0.15) is 21.5 Å². The smallest absolute Gasteiger partial charge is 0.270 e.